The third-order valence-corrected chi connectivity index (χ3v) is 2.59. The number of methoxy groups -OCH3 is 1. The largest absolute Gasteiger partial charge is 0.495 e. The number of ether oxygens (including phenoxy) is 1. The van der Waals surface area contributed by atoms with Crippen molar-refractivity contribution in [1.82, 2.24) is 14.8 Å². The number of benzene rings is 1. The Balaban J connectivity index is 2.24. The molecule has 0 atom stereocenters. The third-order valence-electron chi connectivity index (χ3n) is 2.59. The summed E-state index contributed by atoms with van der Waals surface area (Å²) >= 11 is 0. The van der Waals surface area contributed by atoms with Gasteiger partial charge in [0.25, 0.3) is 0 Å². The van der Waals surface area contributed by atoms with Gasteiger partial charge in [-0.2, -0.15) is 5.10 Å². The molecule has 90 valence electrons. The van der Waals surface area contributed by atoms with Crippen LogP contribution in [0.1, 0.15) is 17.2 Å². The van der Waals surface area contributed by atoms with Crippen molar-refractivity contribution in [2.45, 2.75) is 20.4 Å². The summed E-state index contributed by atoms with van der Waals surface area (Å²) in [6.07, 6.45) is 0. The number of hydrogen-bond donors (Lipinski definition) is 1. The summed E-state index contributed by atoms with van der Waals surface area (Å²) in [6.45, 7) is 4.49. The van der Waals surface area contributed by atoms with Crippen LogP contribution in [0, 0.1) is 13.8 Å². The van der Waals surface area contributed by atoms with E-state index in [9.17, 15) is 0 Å². The lowest BCUT2D eigenvalue weighted by molar-refractivity contribution is 0.417. The van der Waals surface area contributed by atoms with Gasteiger partial charge in [-0.15, -0.1) is 0 Å². The van der Waals surface area contributed by atoms with E-state index in [1.165, 1.54) is 0 Å². The van der Waals surface area contributed by atoms with Gasteiger partial charge in [0.2, 0.25) is 0 Å². The molecule has 1 aromatic carbocycles. The van der Waals surface area contributed by atoms with Crippen LogP contribution in [0.4, 0.5) is 5.69 Å². The topological polar surface area (TPSA) is 66.0 Å². The van der Waals surface area contributed by atoms with E-state index in [1.807, 2.05) is 36.7 Å². The van der Waals surface area contributed by atoms with Crippen LogP contribution in [0.25, 0.3) is 0 Å². The summed E-state index contributed by atoms with van der Waals surface area (Å²) in [7, 11) is 1.61. The van der Waals surface area contributed by atoms with Gasteiger partial charge >= 0.3 is 0 Å². The first-order valence-corrected chi connectivity index (χ1v) is 5.40. The second-order valence-corrected chi connectivity index (χ2v) is 3.94. The second-order valence-electron chi connectivity index (χ2n) is 3.94. The molecular weight excluding hydrogens is 216 g/mol. The average Bonchev–Trinajstić information content (AvgIpc) is 2.58. The van der Waals surface area contributed by atoms with E-state index in [2.05, 4.69) is 10.1 Å². The molecule has 1 aromatic heterocycles. The van der Waals surface area contributed by atoms with Crippen LogP contribution >= 0.6 is 0 Å². The number of aryl methyl sites for hydroxylation is 2. The van der Waals surface area contributed by atoms with Crippen molar-refractivity contribution in [3.05, 3.63) is 35.4 Å². The monoisotopic (exact) mass is 232 g/mol. The zero-order chi connectivity index (χ0) is 12.4. The van der Waals surface area contributed by atoms with Crippen molar-refractivity contribution >= 4 is 5.69 Å². The van der Waals surface area contributed by atoms with Gasteiger partial charge in [-0.1, -0.05) is 6.07 Å². The zero-order valence-corrected chi connectivity index (χ0v) is 10.3. The minimum Gasteiger partial charge on any atom is -0.495 e. The maximum absolute atomic E-state index is 5.86. The van der Waals surface area contributed by atoms with Crippen molar-refractivity contribution in [2.75, 3.05) is 12.8 Å². The van der Waals surface area contributed by atoms with Gasteiger partial charge in [0.05, 0.1) is 19.3 Å². The van der Waals surface area contributed by atoms with Crippen molar-refractivity contribution in [3.63, 3.8) is 0 Å². The Morgan fingerprint density at radius 2 is 2.12 bits per heavy atom. The summed E-state index contributed by atoms with van der Waals surface area (Å²) in [5.74, 6) is 2.38. The molecule has 0 aliphatic rings. The molecule has 17 heavy (non-hydrogen) atoms. The Bertz CT molecular complexity index is 533. The lowest BCUT2D eigenvalue weighted by Gasteiger charge is -2.07. The third kappa shape index (κ3) is 2.38. The highest BCUT2D eigenvalue weighted by atomic mass is 16.5. The molecule has 0 bridgehead atoms. The number of anilines is 1. The number of aromatic nitrogens is 3. The molecular formula is C12H16N4O. The number of nitrogens with two attached hydrogens (primary N) is 1. The first kappa shape index (κ1) is 11.4. The zero-order valence-electron chi connectivity index (χ0n) is 10.3. The van der Waals surface area contributed by atoms with Gasteiger partial charge in [-0.25, -0.2) is 9.67 Å². The lowest BCUT2D eigenvalue weighted by atomic mass is 10.2. The number of nitrogens with zero attached hydrogens (tertiary/aromatic N) is 3. The lowest BCUT2D eigenvalue weighted by Crippen LogP contribution is -2.05. The van der Waals surface area contributed by atoms with Crippen molar-refractivity contribution in [3.8, 4) is 5.75 Å². The minimum atomic E-state index is 0.638. The fourth-order valence-corrected chi connectivity index (χ4v) is 1.77. The van der Waals surface area contributed by atoms with Crippen LogP contribution in [-0.4, -0.2) is 21.9 Å². The predicted octanol–water partition coefficient (Wildman–Crippen LogP) is 1.53. The van der Waals surface area contributed by atoms with E-state index in [-0.39, 0.29) is 0 Å². The van der Waals surface area contributed by atoms with Crippen molar-refractivity contribution in [2.24, 2.45) is 0 Å². The van der Waals surface area contributed by atoms with E-state index in [4.69, 9.17) is 10.5 Å². The maximum Gasteiger partial charge on any atom is 0.147 e. The molecule has 0 saturated heterocycles. The SMILES string of the molecule is COc1ccc(Cn2nc(C)nc2C)cc1N. The van der Waals surface area contributed by atoms with Crippen molar-refractivity contribution in [1.29, 1.82) is 0 Å². The Hall–Kier alpha value is -2.04. The normalized spacial score (nSPS) is 10.5. The predicted molar refractivity (Wildman–Crippen MR) is 66.0 cm³/mol. The number of rotatable bonds is 3. The molecule has 0 aliphatic heterocycles. The molecule has 2 aromatic rings. The highest BCUT2D eigenvalue weighted by Crippen LogP contribution is 2.22. The van der Waals surface area contributed by atoms with Gasteiger partial charge in [-0.05, 0) is 31.5 Å². The molecule has 2 rings (SSSR count). The number of nitrogen functional groups attached to an aromatic ring is 1. The highest BCUT2D eigenvalue weighted by Gasteiger charge is 2.05. The average molecular weight is 232 g/mol. The Labute approximate surface area is 100 Å². The standard InChI is InChI=1S/C12H16N4O/c1-8-14-9(2)16(15-8)7-10-4-5-12(17-3)11(13)6-10/h4-6H,7,13H2,1-3H3. The molecule has 0 fully saturated rings. The van der Waals surface area contributed by atoms with Gasteiger partial charge < -0.3 is 10.5 Å². The van der Waals surface area contributed by atoms with Gasteiger partial charge in [0.1, 0.15) is 17.4 Å². The fourth-order valence-electron chi connectivity index (χ4n) is 1.77. The van der Waals surface area contributed by atoms with Crippen molar-refractivity contribution < 1.29 is 4.74 Å². The molecule has 0 aliphatic carbocycles. The van der Waals surface area contributed by atoms with E-state index in [0.29, 0.717) is 18.0 Å². The van der Waals surface area contributed by atoms with E-state index in [1.54, 1.807) is 7.11 Å². The molecule has 5 heteroatoms. The Kier molecular flexibility index (Phi) is 2.99. The van der Waals surface area contributed by atoms with Crippen LogP contribution in [0.3, 0.4) is 0 Å². The van der Waals surface area contributed by atoms with Crippen LogP contribution in [0.5, 0.6) is 5.75 Å². The first-order valence-electron chi connectivity index (χ1n) is 5.40. The van der Waals surface area contributed by atoms with Crippen LogP contribution < -0.4 is 10.5 Å². The Morgan fingerprint density at radius 3 is 2.65 bits per heavy atom. The molecule has 0 spiro atoms. The molecule has 0 saturated carbocycles. The second kappa shape index (κ2) is 4.45. The molecule has 0 radical (unpaired) electrons. The summed E-state index contributed by atoms with van der Waals surface area (Å²) in [5, 5.41) is 4.31. The molecule has 1 heterocycles. The highest BCUT2D eigenvalue weighted by molar-refractivity contribution is 5.54. The molecule has 5 nitrogen and oxygen atoms in total. The Morgan fingerprint density at radius 1 is 1.35 bits per heavy atom. The van der Waals surface area contributed by atoms with Gasteiger partial charge in [0, 0.05) is 0 Å². The van der Waals surface area contributed by atoms with Gasteiger partial charge in [-0.3, -0.25) is 0 Å². The maximum atomic E-state index is 5.86. The first-order chi connectivity index (χ1) is 8.10. The van der Waals surface area contributed by atoms with Gasteiger partial charge in [0.15, 0.2) is 0 Å². The fraction of sp³-hybridized carbons (Fsp3) is 0.333. The summed E-state index contributed by atoms with van der Waals surface area (Å²) in [4.78, 5) is 4.26. The molecule has 0 amide bonds. The number of hydrogen-bond acceptors (Lipinski definition) is 4. The van der Waals surface area contributed by atoms with Crippen LogP contribution in [0.15, 0.2) is 18.2 Å². The van der Waals surface area contributed by atoms with Crippen LogP contribution in [-0.2, 0) is 6.54 Å². The van der Waals surface area contributed by atoms with E-state index < -0.39 is 0 Å². The van der Waals surface area contributed by atoms with E-state index in [0.717, 1.165) is 17.2 Å². The quantitative estimate of drug-likeness (QED) is 0.815. The smallest absolute Gasteiger partial charge is 0.147 e. The molecule has 0 unspecified atom stereocenters. The summed E-state index contributed by atoms with van der Waals surface area (Å²) in [5.41, 5.74) is 7.58. The minimum absolute atomic E-state index is 0.638. The van der Waals surface area contributed by atoms with E-state index >= 15 is 0 Å². The summed E-state index contributed by atoms with van der Waals surface area (Å²) < 4.78 is 6.98. The van der Waals surface area contributed by atoms with Crippen LogP contribution in [0.2, 0.25) is 0 Å². The molecule has 2 N–H and O–H groups in total. The summed E-state index contributed by atoms with van der Waals surface area (Å²) in [6, 6.07) is 5.74.